The van der Waals surface area contributed by atoms with Crippen LogP contribution in [0.25, 0.3) is 11.3 Å². The zero-order valence-corrected chi connectivity index (χ0v) is 27.1. The Morgan fingerprint density at radius 3 is 2.26 bits per heavy atom. The monoisotopic (exact) mass is 607 g/mol. The van der Waals surface area contributed by atoms with Gasteiger partial charge >= 0.3 is 0 Å². The quantitative estimate of drug-likeness (QED) is 0.326. The van der Waals surface area contributed by atoms with Crippen LogP contribution >= 0.6 is 22.9 Å². The summed E-state index contributed by atoms with van der Waals surface area (Å²) < 4.78 is 0. The molecule has 0 spiro atoms. The van der Waals surface area contributed by atoms with E-state index in [0.717, 1.165) is 45.8 Å². The zero-order chi connectivity index (χ0) is 30.4. The van der Waals surface area contributed by atoms with Gasteiger partial charge in [0.05, 0.1) is 16.6 Å². The first-order valence-corrected chi connectivity index (χ1v) is 16.1. The van der Waals surface area contributed by atoms with Gasteiger partial charge in [0.1, 0.15) is 5.75 Å². The average molecular weight is 608 g/mol. The Hall–Kier alpha value is -2.90. The number of benzene rings is 2. The number of hydrogen-bond acceptors (Lipinski definition) is 5. The summed E-state index contributed by atoms with van der Waals surface area (Å²) in [7, 11) is 0. The van der Waals surface area contributed by atoms with Gasteiger partial charge in [0.15, 0.2) is 0 Å². The van der Waals surface area contributed by atoms with Crippen LogP contribution in [-0.2, 0) is 27.0 Å². The fraction of sp³-hybridized carbons (Fsp3) is 0.500. The first-order chi connectivity index (χ1) is 19.7. The summed E-state index contributed by atoms with van der Waals surface area (Å²) in [6, 6.07) is 11.7. The molecule has 3 aromatic rings. The number of carbonyl (C=O) groups excluding carboxylic acids is 2. The minimum absolute atomic E-state index is 0.0111. The van der Waals surface area contributed by atoms with Crippen LogP contribution in [-0.4, -0.2) is 51.3 Å². The fourth-order valence-corrected chi connectivity index (χ4v) is 7.26. The van der Waals surface area contributed by atoms with Crippen LogP contribution in [0.3, 0.4) is 0 Å². The van der Waals surface area contributed by atoms with Crippen LogP contribution in [0.1, 0.15) is 88.4 Å². The Kier molecular flexibility index (Phi) is 8.47. The van der Waals surface area contributed by atoms with Gasteiger partial charge in [-0.1, -0.05) is 71.3 Å². The number of likely N-dealkylation sites (tertiary alicyclic amines) is 2. The summed E-state index contributed by atoms with van der Waals surface area (Å²) in [5.41, 5.74) is 4.34. The van der Waals surface area contributed by atoms with Gasteiger partial charge in [-0.2, -0.15) is 0 Å². The van der Waals surface area contributed by atoms with Crippen molar-refractivity contribution in [2.24, 2.45) is 5.92 Å². The Morgan fingerprint density at radius 1 is 1.05 bits per heavy atom. The summed E-state index contributed by atoms with van der Waals surface area (Å²) in [5, 5.41) is 15.0. The van der Waals surface area contributed by atoms with E-state index in [0.29, 0.717) is 42.9 Å². The smallest absolute Gasteiger partial charge is 0.227 e. The molecule has 0 saturated carbocycles. The molecule has 1 unspecified atom stereocenters. The van der Waals surface area contributed by atoms with Gasteiger partial charge < -0.3 is 14.9 Å². The second-order valence-corrected chi connectivity index (χ2v) is 15.2. The van der Waals surface area contributed by atoms with Crippen molar-refractivity contribution in [3.05, 3.63) is 68.5 Å². The number of carbonyl (C=O) groups is 2. The molecule has 0 radical (unpaired) electrons. The lowest BCUT2D eigenvalue weighted by atomic mass is 9.78. The Balaban J connectivity index is 1.24. The molecule has 1 N–H and O–H groups in total. The predicted octanol–water partition coefficient (Wildman–Crippen LogP) is 7.52. The second kappa shape index (κ2) is 11.6. The van der Waals surface area contributed by atoms with Crippen molar-refractivity contribution in [3.63, 3.8) is 0 Å². The van der Waals surface area contributed by atoms with Crippen molar-refractivity contribution < 1.29 is 14.7 Å². The molecule has 3 heterocycles. The third-order valence-corrected chi connectivity index (χ3v) is 9.96. The topological polar surface area (TPSA) is 73.7 Å². The molecule has 2 saturated heterocycles. The minimum Gasteiger partial charge on any atom is -0.507 e. The highest BCUT2D eigenvalue weighted by atomic mass is 35.5. The summed E-state index contributed by atoms with van der Waals surface area (Å²) in [4.78, 5) is 34.8. The molecule has 0 aliphatic carbocycles. The summed E-state index contributed by atoms with van der Waals surface area (Å²) in [6.45, 7) is 15.0. The molecule has 224 valence electrons. The molecule has 2 amide bonds. The van der Waals surface area contributed by atoms with Gasteiger partial charge in [-0.05, 0) is 47.4 Å². The van der Waals surface area contributed by atoms with Gasteiger partial charge in [0.2, 0.25) is 11.8 Å². The molecule has 2 aliphatic rings. The normalized spacial score (nSPS) is 18.6. The number of rotatable bonds is 5. The van der Waals surface area contributed by atoms with E-state index in [9.17, 15) is 14.7 Å². The molecule has 0 bridgehead atoms. The molecular weight excluding hydrogens is 566 g/mol. The number of phenols is 1. The maximum absolute atomic E-state index is 13.4. The maximum Gasteiger partial charge on any atom is 0.227 e. The Morgan fingerprint density at radius 2 is 1.67 bits per heavy atom. The van der Waals surface area contributed by atoms with Crippen molar-refractivity contribution in [1.82, 2.24) is 14.8 Å². The molecular formula is C34H42ClN3O3S. The molecule has 2 aromatic carbocycles. The second-order valence-electron chi connectivity index (χ2n) is 13.9. The van der Waals surface area contributed by atoms with Crippen molar-refractivity contribution >= 4 is 34.8 Å². The van der Waals surface area contributed by atoms with E-state index in [1.807, 2.05) is 29.2 Å². The predicted molar refractivity (Wildman–Crippen MR) is 170 cm³/mol. The minimum atomic E-state index is -0.300. The zero-order valence-electron chi connectivity index (χ0n) is 25.5. The van der Waals surface area contributed by atoms with Crippen LogP contribution < -0.4 is 0 Å². The number of piperidine rings is 1. The van der Waals surface area contributed by atoms with E-state index in [1.54, 1.807) is 16.2 Å². The Labute approximate surface area is 258 Å². The third kappa shape index (κ3) is 6.37. The molecule has 2 aliphatic heterocycles. The van der Waals surface area contributed by atoms with Crippen molar-refractivity contribution in [3.8, 4) is 17.0 Å². The van der Waals surface area contributed by atoms with E-state index in [2.05, 4.69) is 59.1 Å². The number of amides is 2. The first-order valence-electron chi connectivity index (χ1n) is 14.9. The highest BCUT2D eigenvalue weighted by Gasteiger charge is 2.38. The van der Waals surface area contributed by atoms with E-state index in [1.165, 1.54) is 0 Å². The first kappa shape index (κ1) is 30.6. The number of hydrogen-bond donors (Lipinski definition) is 1. The van der Waals surface area contributed by atoms with E-state index >= 15 is 0 Å². The fourth-order valence-electron chi connectivity index (χ4n) is 6.06. The number of nitrogens with zero attached hydrogens (tertiary/aromatic N) is 3. The van der Waals surface area contributed by atoms with Gasteiger partial charge in [-0.25, -0.2) is 4.98 Å². The number of aromatic nitrogens is 1. The van der Waals surface area contributed by atoms with Crippen molar-refractivity contribution in [2.45, 2.75) is 84.1 Å². The summed E-state index contributed by atoms with van der Waals surface area (Å²) in [6.07, 6.45) is 1.98. The lowest BCUT2D eigenvalue weighted by Gasteiger charge is -2.32. The van der Waals surface area contributed by atoms with Crippen LogP contribution in [0.4, 0.5) is 0 Å². The van der Waals surface area contributed by atoms with Crippen LogP contribution in [0, 0.1) is 5.92 Å². The largest absolute Gasteiger partial charge is 0.507 e. The number of halogens is 1. The Bertz CT molecular complexity index is 1440. The van der Waals surface area contributed by atoms with Gasteiger partial charge in [0.25, 0.3) is 0 Å². The number of thiazole rings is 1. The highest BCUT2D eigenvalue weighted by Crippen LogP contribution is 2.43. The van der Waals surface area contributed by atoms with Crippen molar-refractivity contribution in [1.29, 1.82) is 0 Å². The number of aromatic hydroxyl groups is 1. The highest BCUT2D eigenvalue weighted by molar-refractivity contribution is 7.10. The van der Waals surface area contributed by atoms with Crippen molar-refractivity contribution in [2.75, 3.05) is 19.6 Å². The van der Waals surface area contributed by atoms with Gasteiger partial charge in [0, 0.05) is 65.6 Å². The lowest BCUT2D eigenvalue weighted by Crippen LogP contribution is -2.42. The standard InChI is InChI=1S/C34H42ClN3O3S/c1-33(2,3)25-15-23(16-26(30(25)40)34(4,5)6)28-20-42-31(36-28)21-11-13-37(14-12-21)32(41)24-17-29(39)38(19-24)18-22-9-7-8-10-27(22)35/h7-10,15-16,20-21,24,40H,11-14,17-19H2,1-6H3. The summed E-state index contributed by atoms with van der Waals surface area (Å²) in [5.74, 6) is 0.471. The molecule has 6 nitrogen and oxygen atoms in total. The summed E-state index contributed by atoms with van der Waals surface area (Å²) >= 11 is 7.98. The molecule has 5 rings (SSSR count). The third-order valence-electron chi connectivity index (χ3n) is 8.58. The number of phenolic OH excluding ortho intramolecular Hbond substituents is 1. The van der Waals surface area contributed by atoms with E-state index in [4.69, 9.17) is 16.6 Å². The molecule has 1 aromatic heterocycles. The van der Waals surface area contributed by atoms with Crippen LogP contribution in [0.2, 0.25) is 5.02 Å². The molecule has 2 fully saturated rings. The molecule has 8 heteroatoms. The van der Waals surface area contributed by atoms with Crippen LogP contribution in [0.15, 0.2) is 41.8 Å². The van der Waals surface area contributed by atoms with Crippen LogP contribution in [0.5, 0.6) is 5.75 Å². The SMILES string of the molecule is CC(C)(C)c1cc(-c2csc(C3CCN(C(=O)C4CC(=O)N(Cc5ccccc5Cl)C4)CC3)n2)cc(C(C)(C)C)c1O. The van der Waals surface area contributed by atoms with E-state index < -0.39 is 0 Å². The van der Waals surface area contributed by atoms with Gasteiger partial charge in [-0.3, -0.25) is 9.59 Å². The molecule has 42 heavy (non-hydrogen) atoms. The lowest BCUT2D eigenvalue weighted by molar-refractivity contribution is -0.136. The van der Waals surface area contributed by atoms with E-state index in [-0.39, 0.29) is 35.0 Å². The average Bonchev–Trinajstić information content (AvgIpc) is 3.56. The molecule has 1 atom stereocenters. The van der Waals surface area contributed by atoms with Gasteiger partial charge in [-0.15, -0.1) is 11.3 Å². The maximum atomic E-state index is 13.4.